The van der Waals surface area contributed by atoms with Gasteiger partial charge in [-0.15, -0.1) is 0 Å². The fraction of sp³-hybridized carbons (Fsp3) is 0.600. The predicted octanol–water partition coefficient (Wildman–Crippen LogP) is 3.01. The average molecular weight is 297 g/mol. The molecule has 3 rings (SSSR count). The van der Waals surface area contributed by atoms with Crippen LogP contribution < -0.4 is 5.73 Å². The lowest BCUT2D eigenvalue weighted by Crippen LogP contribution is -2.41. The van der Waals surface area contributed by atoms with Crippen molar-refractivity contribution >= 4 is 16.5 Å². The smallest absolute Gasteiger partial charge is 0.147 e. The number of ether oxygens (including phenoxy) is 1. The van der Waals surface area contributed by atoms with Crippen LogP contribution in [0.2, 0.25) is 0 Å². The van der Waals surface area contributed by atoms with Gasteiger partial charge in [-0.25, -0.2) is 4.39 Å². The topological polar surface area (TPSA) is 52.3 Å². The number of anilines is 1. The molecule has 0 radical (unpaired) electrons. The van der Waals surface area contributed by atoms with Crippen molar-refractivity contribution in [3.63, 3.8) is 0 Å². The molecule has 2 fully saturated rings. The average Bonchev–Trinajstić information content (AvgIpc) is 2.89. The molecule has 2 N–H and O–H groups in total. The molecule has 1 aromatic rings. The van der Waals surface area contributed by atoms with Gasteiger partial charge in [0.25, 0.3) is 0 Å². The van der Waals surface area contributed by atoms with Gasteiger partial charge in [-0.3, -0.25) is 4.21 Å². The molecule has 20 heavy (non-hydrogen) atoms. The van der Waals surface area contributed by atoms with Crippen molar-refractivity contribution in [3.8, 4) is 0 Å². The minimum absolute atomic E-state index is 0.0601. The molecule has 5 heteroatoms. The summed E-state index contributed by atoms with van der Waals surface area (Å²) in [5.41, 5.74) is 5.51. The van der Waals surface area contributed by atoms with Crippen LogP contribution in [0, 0.1) is 5.82 Å². The molecular formula is C15H20FNO2S. The van der Waals surface area contributed by atoms with E-state index < -0.39 is 16.6 Å². The Bertz CT molecular complexity index is 529. The van der Waals surface area contributed by atoms with E-state index in [1.54, 1.807) is 6.07 Å². The van der Waals surface area contributed by atoms with Gasteiger partial charge in [0.1, 0.15) is 5.82 Å². The maximum Gasteiger partial charge on any atom is 0.147 e. The zero-order chi connectivity index (χ0) is 14.2. The maximum absolute atomic E-state index is 13.5. The zero-order valence-electron chi connectivity index (χ0n) is 11.4. The molecule has 1 aromatic carbocycles. The van der Waals surface area contributed by atoms with Crippen molar-refractivity contribution in [2.24, 2.45) is 0 Å². The van der Waals surface area contributed by atoms with E-state index in [4.69, 9.17) is 10.5 Å². The first-order valence-corrected chi connectivity index (χ1v) is 8.41. The molecule has 0 amide bonds. The summed E-state index contributed by atoms with van der Waals surface area (Å²) in [4.78, 5) is 0.539. The Balaban J connectivity index is 1.77. The number of halogens is 1. The molecule has 2 aliphatic rings. The lowest BCUT2D eigenvalue weighted by atomic mass is 9.92. The van der Waals surface area contributed by atoms with Crippen molar-refractivity contribution in [1.82, 2.24) is 0 Å². The van der Waals surface area contributed by atoms with E-state index >= 15 is 0 Å². The van der Waals surface area contributed by atoms with E-state index in [0.717, 1.165) is 25.7 Å². The molecule has 1 saturated carbocycles. The number of benzene rings is 1. The van der Waals surface area contributed by atoms with Crippen LogP contribution in [0.15, 0.2) is 23.1 Å². The summed E-state index contributed by atoms with van der Waals surface area (Å²) < 4.78 is 32.1. The van der Waals surface area contributed by atoms with Gasteiger partial charge in [-0.2, -0.15) is 0 Å². The first-order chi connectivity index (χ1) is 9.60. The number of hydrogen-bond donors (Lipinski definition) is 1. The molecule has 0 bridgehead atoms. The molecule has 1 spiro atoms. The third kappa shape index (κ3) is 2.61. The second kappa shape index (κ2) is 5.45. The third-order valence-electron chi connectivity index (χ3n) is 4.47. The standard InChI is InChI=1S/C15H20FNO2S/c16-13-9-11(3-4-14(13)17)20(18)12-5-8-19-15(10-12)6-1-2-7-15/h3-4,9,12H,1-2,5-8,10,17H2. The highest BCUT2D eigenvalue weighted by atomic mass is 32.2. The SMILES string of the molecule is Nc1ccc(S(=O)C2CCOC3(CCCC3)C2)cc1F. The van der Waals surface area contributed by atoms with Gasteiger partial charge < -0.3 is 10.5 Å². The second-order valence-corrected chi connectivity index (χ2v) is 7.57. The molecule has 1 aliphatic heterocycles. The number of hydrogen-bond acceptors (Lipinski definition) is 3. The Morgan fingerprint density at radius 3 is 2.80 bits per heavy atom. The Morgan fingerprint density at radius 2 is 2.10 bits per heavy atom. The van der Waals surface area contributed by atoms with E-state index in [1.807, 2.05) is 0 Å². The van der Waals surface area contributed by atoms with Crippen LogP contribution in [0.4, 0.5) is 10.1 Å². The molecule has 1 saturated heterocycles. The largest absolute Gasteiger partial charge is 0.396 e. The minimum Gasteiger partial charge on any atom is -0.396 e. The Morgan fingerprint density at radius 1 is 1.35 bits per heavy atom. The van der Waals surface area contributed by atoms with Crippen molar-refractivity contribution in [2.75, 3.05) is 12.3 Å². The third-order valence-corrected chi connectivity index (χ3v) is 6.20. The molecule has 2 atom stereocenters. The Labute approximate surface area is 121 Å². The molecule has 1 aliphatic carbocycles. The van der Waals surface area contributed by atoms with E-state index in [9.17, 15) is 8.60 Å². The predicted molar refractivity (Wildman–Crippen MR) is 77.4 cm³/mol. The molecule has 110 valence electrons. The highest BCUT2D eigenvalue weighted by Crippen LogP contribution is 2.41. The zero-order valence-corrected chi connectivity index (χ0v) is 12.3. The lowest BCUT2D eigenvalue weighted by Gasteiger charge is -2.37. The van der Waals surface area contributed by atoms with Crippen LogP contribution in [0.1, 0.15) is 38.5 Å². The second-order valence-electron chi connectivity index (χ2n) is 5.83. The Kier molecular flexibility index (Phi) is 3.82. The van der Waals surface area contributed by atoms with E-state index in [2.05, 4.69) is 0 Å². The molecule has 0 aromatic heterocycles. The van der Waals surface area contributed by atoms with Crippen LogP contribution in [-0.2, 0) is 15.5 Å². The van der Waals surface area contributed by atoms with Crippen molar-refractivity contribution in [2.45, 2.75) is 54.3 Å². The minimum atomic E-state index is -1.19. The Hall–Kier alpha value is -0.940. The number of nitrogens with two attached hydrogens (primary N) is 1. The fourth-order valence-electron chi connectivity index (χ4n) is 3.36. The highest BCUT2D eigenvalue weighted by molar-refractivity contribution is 7.85. The van der Waals surface area contributed by atoms with Crippen LogP contribution in [0.5, 0.6) is 0 Å². The van der Waals surface area contributed by atoms with Gasteiger partial charge >= 0.3 is 0 Å². The van der Waals surface area contributed by atoms with Gasteiger partial charge in [0.05, 0.1) is 22.1 Å². The van der Waals surface area contributed by atoms with Crippen molar-refractivity contribution in [1.29, 1.82) is 0 Å². The molecule has 1 heterocycles. The molecule has 3 nitrogen and oxygen atoms in total. The van der Waals surface area contributed by atoms with Gasteiger partial charge in [-0.1, -0.05) is 12.8 Å². The van der Waals surface area contributed by atoms with Crippen LogP contribution in [0.3, 0.4) is 0 Å². The van der Waals surface area contributed by atoms with Gasteiger partial charge in [0, 0.05) is 16.8 Å². The van der Waals surface area contributed by atoms with E-state index in [1.165, 1.54) is 25.0 Å². The maximum atomic E-state index is 13.5. The quantitative estimate of drug-likeness (QED) is 0.854. The highest BCUT2D eigenvalue weighted by Gasteiger charge is 2.41. The molecule has 2 unspecified atom stereocenters. The first kappa shape index (κ1) is 14.0. The summed E-state index contributed by atoms with van der Waals surface area (Å²) in [5, 5.41) is 0.0601. The van der Waals surface area contributed by atoms with Crippen LogP contribution in [-0.4, -0.2) is 21.7 Å². The number of rotatable bonds is 2. The van der Waals surface area contributed by atoms with Gasteiger partial charge in [-0.05, 0) is 43.9 Å². The van der Waals surface area contributed by atoms with Crippen molar-refractivity contribution < 1.29 is 13.3 Å². The summed E-state index contributed by atoms with van der Waals surface area (Å²) in [6.45, 7) is 0.661. The van der Waals surface area contributed by atoms with Crippen molar-refractivity contribution in [3.05, 3.63) is 24.0 Å². The normalized spacial score (nSPS) is 26.8. The van der Waals surface area contributed by atoms with E-state index in [0.29, 0.717) is 11.5 Å². The summed E-state index contributed by atoms with van der Waals surface area (Å²) in [6, 6.07) is 4.47. The summed E-state index contributed by atoms with van der Waals surface area (Å²) >= 11 is 0. The first-order valence-electron chi connectivity index (χ1n) is 7.19. The van der Waals surface area contributed by atoms with E-state index in [-0.39, 0.29) is 16.5 Å². The summed E-state index contributed by atoms with van der Waals surface area (Å²) in [7, 11) is -1.19. The van der Waals surface area contributed by atoms with Gasteiger partial charge in [0.15, 0.2) is 0 Å². The summed E-state index contributed by atoms with van der Waals surface area (Å²) in [6.07, 6.45) is 6.12. The molecular weight excluding hydrogens is 277 g/mol. The monoisotopic (exact) mass is 297 g/mol. The van der Waals surface area contributed by atoms with Crippen LogP contribution >= 0.6 is 0 Å². The van der Waals surface area contributed by atoms with Gasteiger partial charge in [0.2, 0.25) is 0 Å². The van der Waals surface area contributed by atoms with Crippen LogP contribution in [0.25, 0.3) is 0 Å². The fourth-order valence-corrected chi connectivity index (χ4v) is 4.93. The lowest BCUT2D eigenvalue weighted by molar-refractivity contribution is -0.0708. The number of nitrogen functional groups attached to an aromatic ring is 1. The summed E-state index contributed by atoms with van der Waals surface area (Å²) in [5.74, 6) is -0.488.